The third-order valence-corrected chi connectivity index (χ3v) is 17.0. The lowest BCUT2D eigenvalue weighted by Gasteiger charge is -2.38. The third-order valence-electron chi connectivity index (χ3n) is 13.3. The Kier molecular flexibility index (Phi) is 19.1. The van der Waals surface area contributed by atoms with Gasteiger partial charge in [-0.1, -0.05) is 68.2 Å². The fourth-order valence-corrected chi connectivity index (χ4v) is 11.7. The van der Waals surface area contributed by atoms with Crippen LogP contribution in [0.1, 0.15) is 119 Å². The average molecular weight is 940 g/mol. The molecule has 16 atom stereocenters. The van der Waals surface area contributed by atoms with Crippen LogP contribution in [0.15, 0.2) is 15.4 Å². The molecule has 15 nitrogen and oxygen atoms in total. The number of cyclic esters (lactones) is 2. The van der Waals surface area contributed by atoms with Gasteiger partial charge in [-0.05, 0) is 52.4 Å². The fraction of sp³-hybridized carbons (Fsp3) is 0.800. The maximum atomic E-state index is 14.2. The number of rotatable bonds is 11. The average Bonchev–Trinajstić information content (AvgIpc) is 4.01. The topological polar surface area (TPSA) is 218 Å². The molecule has 1 aromatic heterocycles. The van der Waals surface area contributed by atoms with E-state index in [0.717, 1.165) is 27.9 Å². The number of thioether (sulfide) groups is 2. The standard InChI is InChI=1S/C45H73N5O10S3/c1-14-17-24(6)34(52)26(8)37-25(7)30(58-13)18-31-46-29(19-61-31)39-49-45(12,21-62-39)43-50-44(11,20-63-43)42(57)48-32(22(4)15-2)35(53)27(9)40(55)59-36(23(5)16-3)38(54)47-33(28(10)51)41(56)60-37/h19,22-28,30,32-37,51-53H,14-18,20-21H2,1-13H3,(H,47,54)(H,48,57)/t22-,23-,24+,25-,26-,27+,28+,30-,32-,33-,34-,35-,36?,37-,44+,45+/m0/s1. The lowest BCUT2D eigenvalue weighted by molar-refractivity contribution is -0.172. The van der Waals surface area contributed by atoms with Gasteiger partial charge in [0.15, 0.2) is 12.1 Å². The van der Waals surface area contributed by atoms with E-state index in [1.54, 1.807) is 32.7 Å². The second-order valence-corrected chi connectivity index (χ2v) is 21.4. The summed E-state index contributed by atoms with van der Waals surface area (Å²) in [5.41, 5.74) is -1.17. The number of ether oxygens (including phenoxy) is 3. The number of thiazole rings is 1. The van der Waals surface area contributed by atoms with Crippen LogP contribution in [-0.2, 0) is 39.8 Å². The Morgan fingerprint density at radius 2 is 1.56 bits per heavy atom. The highest BCUT2D eigenvalue weighted by Gasteiger charge is 2.48. The number of amides is 2. The predicted octanol–water partition coefficient (Wildman–Crippen LogP) is 5.20. The minimum absolute atomic E-state index is 0.122. The largest absolute Gasteiger partial charge is 0.460 e. The Hall–Kier alpha value is -2.61. The van der Waals surface area contributed by atoms with Gasteiger partial charge < -0.3 is 40.2 Å². The Balaban J connectivity index is 1.81. The molecular weight excluding hydrogens is 867 g/mol. The van der Waals surface area contributed by atoms with E-state index in [2.05, 4.69) is 10.6 Å². The molecule has 6 bridgehead atoms. The van der Waals surface area contributed by atoms with Crippen molar-refractivity contribution in [2.24, 2.45) is 45.5 Å². The molecule has 2 amide bonds. The van der Waals surface area contributed by atoms with Crippen LogP contribution in [-0.4, -0.2) is 133 Å². The molecule has 0 saturated carbocycles. The summed E-state index contributed by atoms with van der Waals surface area (Å²) in [6, 6.07) is -2.44. The molecule has 4 rings (SSSR count). The maximum absolute atomic E-state index is 14.2. The van der Waals surface area contributed by atoms with Crippen molar-refractivity contribution in [3.63, 3.8) is 0 Å². The maximum Gasteiger partial charge on any atom is 0.331 e. The Bertz CT molecular complexity index is 1810. The monoisotopic (exact) mass is 939 g/mol. The van der Waals surface area contributed by atoms with E-state index >= 15 is 0 Å². The number of esters is 2. The van der Waals surface area contributed by atoms with Gasteiger partial charge in [0.25, 0.3) is 5.91 Å². The lowest BCUT2D eigenvalue weighted by Crippen LogP contribution is -2.57. The first kappa shape index (κ1) is 53.0. The van der Waals surface area contributed by atoms with Crippen molar-refractivity contribution in [2.75, 3.05) is 18.6 Å². The highest BCUT2D eigenvalue weighted by atomic mass is 32.2. The van der Waals surface area contributed by atoms with Crippen molar-refractivity contribution in [1.82, 2.24) is 15.6 Å². The highest BCUT2D eigenvalue weighted by molar-refractivity contribution is 8.16. The van der Waals surface area contributed by atoms with E-state index in [4.69, 9.17) is 29.2 Å². The smallest absolute Gasteiger partial charge is 0.331 e. The SMILES string of the molecule is CCC[C@@H](C)[C@H](O)[C@H](C)[C@H]1OC(=O)[C@H]([C@@H](C)O)NC(=O)C([C@@H](C)CC)OC(=O)[C@H](C)[C@H](O)[C@H]([C@@H](C)CC)NC(=O)[C@@]2(C)CSC(=N2)[C@@]2(C)CSC(=N2)c2csc(n2)C[C@H](OC)[C@@H]1C. The number of aromatic nitrogens is 1. The van der Waals surface area contributed by atoms with Crippen molar-refractivity contribution in [3.05, 3.63) is 16.1 Å². The van der Waals surface area contributed by atoms with Crippen LogP contribution in [0.25, 0.3) is 0 Å². The normalized spacial score (nSPS) is 34.6. The molecule has 0 aromatic carbocycles. The van der Waals surface area contributed by atoms with Gasteiger partial charge in [0.2, 0.25) is 5.91 Å². The Morgan fingerprint density at radius 1 is 0.905 bits per heavy atom. The number of aliphatic imine (C=N–C) groups is 2. The molecule has 0 radical (unpaired) electrons. The van der Waals surface area contributed by atoms with Gasteiger partial charge >= 0.3 is 11.9 Å². The molecule has 4 heterocycles. The summed E-state index contributed by atoms with van der Waals surface area (Å²) in [6.45, 7) is 21.6. The second-order valence-electron chi connectivity index (χ2n) is 18.6. The van der Waals surface area contributed by atoms with E-state index in [0.29, 0.717) is 36.5 Å². The van der Waals surface area contributed by atoms with Crippen LogP contribution in [0.4, 0.5) is 0 Å². The van der Waals surface area contributed by atoms with E-state index < -0.39 is 107 Å². The summed E-state index contributed by atoms with van der Waals surface area (Å²) in [4.78, 5) is 71.4. The van der Waals surface area contributed by atoms with Crippen molar-refractivity contribution in [2.45, 2.75) is 175 Å². The van der Waals surface area contributed by atoms with Gasteiger partial charge in [-0.25, -0.2) is 9.78 Å². The minimum Gasteiger partial charge on any atom is -0.460 e. The summed E-state index contributed by atoms with van der Waals surface area (Å²) in [7, 11) is 1.57. The van der Waals surface area contributed by atoms with Crippen molar-refractivity contribution < 1.29 is 48.7 Å². The molecule has 3 aliphatic heterocycles. The van der Waals surface area contributed by atoms with Gasteiger partial charge in [0.05, 0.1) is 46.4 Å². The van der Waals surface area contributed by atoms with Gasteiger partial charge in [0.1, 0.15) is 27.9 Å². The van der Waals surface area contributed by atoms with Gasteiger partial charge in [-0.3, -0.25) is 24.4 Å². The number of carbonyl (C=O) groups is 4. The van der Waals surface area contributed by atoms with E-state index in [-0.39, 0.29) is 11.8 Å². The quantitative estimate of drug-likeness (QED) is 0.181. The number of nitrogens with one attached hydrogen (secondary N) is 2. The van der Waals surface area contributed by atoms with Gasteiger partial charge in [-0.15, -0.1) is 34.9 Å². The van der Waals surface area contributed by atoms with E-state index in [1.807, 2.05) is 60.8 Å². The van der Waals surface area contributed by atoms with Crippen LogP contribution in [0.2, 0.25) is 0 Å². The summed E-state index contributed by atoms with van der Waals surface area (Å²) in [6.07, 6.45) is -3.62. The number of methoxy groups -OCH3 is 1. The lowest BCUT2D eigenvalue weighted by atomic mass is 9.80. The Labute approximate surface area is 386 Å². The summed E-state index contributed by atoms with van der Waals surface area (Å²) in [5, 5.41) is 44.2. The first-order valence-corrected chi connectivity index (χ1v) is 25.4. The molecule has 356 valence electrons. The number of aliphatic hydroxyl groups is 3. The van der Waals surface area contributed by atoms with Crippen molar-refractivity contribution in [1.29, 1.82) is 0 Å². The van der Waals surface area contributed by atoms with Crippen LogP contribution < -0.4 is 10.6 Å². The molecule has 3 aliphatic rings. The second kappa shape index (κ2) is 22.7. The fourth-order valence-electron chi connectivity index (χ4n) is 8.30. The predicted molar refractivity (Wildman–Crippen MR) is 250 cm³/mol. The number of hydrogen-bond donors (Lipinski definition) is 5. The first-order valence-electron chi connectivity index (χ1n) is 22.6. The van der Waals surface area contributed by atoms with Crippen LogP contribution in [0.3, 0.4) is 0 Å². The number of nitrogens with zero attached hydrogens (tertiary/aromatic N) is 3. The number of carbonyl (C=O) groups excluding carboxylic acids is 4. The molecule has 5 N–H and O–H groups in total. The zero-order valence-electron chi connectivity index (χ0n) is 39.4. The molecule has 0 aliphatic carbocycles. The molecule has 1 aromatic rings. The molecule has 0 saturated heterocycles. The van der Waals surface area contributed by atoms with E-state index in [9.17, 15) is 34.5 Å². The summed E-state index contributed by atoms with van der Waals surface area (Å²) >= 11 is 4.51. The molecule has 18 heteroatoms. The van der Waals surface area contributed by atoms with Gasteiger partial charge in [-0.2, -0.15) is 0 Å². The molecule has 0 fully saturated rings. The van der Waals surface area contributed by atoms with E-state index in [1.165, 1.54) is 36.9 Å². The van der Waals surface area contributed by atoms with Crippen molar-refractivity contribution >= 4 is 68.7 Å². The number of aliphatic hydroxyl groups excluding tert-OH is 3. The first-order chi connectivity index (χ1) is 29.6. The molecule has 1 unspecified atom stereocenters. The summed E-state index contributed by atoms with van der Waals surface area (Å²) in [5.74, 6) is -5.26. The van der Waals surface area contributed by atoms with Gasteiger partial charge in [0, 0.05) is 48.2 Å². The zero-order valence-corrected chi connectivity index (χ0v) is 41.8. The molecule has 63 heavy (non-hydrogen) atoms. The number of hydrogen-bond acceptors (Lipinski definition) is 16. The Morgan fingerprint density at radius 3 is 2.16 bits per heavy atom. The van der Waals surface area contributed by atoms with Crippen molar-refractivity contribution in [3.8, 4) is 0 Å². The third kappa shape index (κ3) is 12.4. The molecular formula is C45H73N5O10S3. The molecule has 0 spiro atoms. The summed E-state index contributed by atoms with van der Waals surface area (Å²) < 4.78 is 18.2. The zero-order chi connectivity index (χ0) is 47.1. The van der Waals surface area contributed by atoms with Crippen LogP contribution >= 0.6 is 34.9 Å². The highest BCUT2D eigenvalue weighted by Crippen LogP contribution is 2.41. The van der Waals surface area contributed by atoms with Crippen LogP contribution in [0.5, 0.6) is 0 Å². The minimum atomic E-state index is -1.57. The number of fused-ring (bicyclic) bond motifs is 6. The van der Waals surface area contributed by atoms with Crippen LogP contribution in [0, 0.1) is 35.5 Å².